The van der Waals surface area contributed by atoms with Gasteiger partial charge in [0.15, 0.2) is 0 Å². The van der Waals surface area contributed by atoms with Crippen LogP contribution < -0.4 is 10.6 Å². The average Bonchev–Trinajstić information content (AvgIpc) is 2.44. The molecule has 0 spiro atoms. The number of phenols is 1. The van der Waals surface area contributed by atoms with Gasteiger partial charge < -0.3 is 15.7 Å². The number of benzene rings is 2. The molecule has 0 fully saturated rings. The van der Waals surface area contributed by atoms with E-state index in [2.05, 4.69) is 10.6 Å². The van der Waals surface area contributed by atoms with Gasteiger partial charge in [0.2, 0.25) is 0 Å². The second kappa shape index (κ2) is 5.88. The summed E-state index contributed by atoms with van der Waals surface area (Å²) >= 11 is 0. The number of hydrogen-bond donors (Lipinski definition) is 3. The molecule has 0 aliphatic heterocycles. The highest BCUT2D eigenvalue weighted by Crippen LogP contribution is 2.23. The number of amides is 2. The quantitative estimate of drug-likeness (QED) is 0.578. The Morgan fingerprint density at radius 3 is 2.30 bits per heavy atom. The van der Waals surface area contributed by atoms with Crippen LogP contribution in [0, 0.1) is 6.92 Å². The van der Waals surface area contributed by atoms with E-state index >= 15 is 0 Å². The van der Waals surface area contributed by atoms with E-state index in [1.807, 2.05) is 6.92 Å². The molecule has 5 heteroatoms. The average molecular weight is 270 g/mol. The fraction of sp³-hybridized carbons (Fsp3) is 0.0667. The largest absolute Gasteiger partial charge is 0.506 e. The lowest BCUT2D eigenvalue weighted by Gasteiger charge is -2.08. The summed E-state index contributed by atoms with van der Waals surface area (Å²) in [5, 5.41) is 14.4. The lowest BCUT2D eigenvalue weighted by molar-refractivity contribution is -0.133. The molecule has 102 valence electrons. The van der Waals surface area contributed by atoms with Gasteiger partial charge in [-0.1, -0.05) is 24.3 Å². The number of hydrogen-bond acceptors (Lipinski definition) is 3. The van der Waals surface area contributed by atoms with Crippen LogP contribution in [0.2, 0.25) is 0 Å². The van der Waals surface area contributed by atoms with Crippen molar-refractivity contribution < 1.29 is 14.7 Å². The van der Waals surface area contributed by atoms with Crippen molar-refractivity contribution in [1.29, 1.82) is 0 Å². The van der Waals surface area contributed by atoms with Gasteiger partial charge in [-0.25, -0.2) is 0 Å². The van der Waals surface area contributed by atoms with Gasteiger partial charge in [-0.2, -0.15) is 0 Å². The molecule has 2 rings (SSSR count). The van der Waals surface area contributed by atoms with Crippen molar-refractivity contribution in [2.45, 2.75) is 6.92 Å². The van der Waals surface area contributed by atoms with Crippen LogP contribution in [0.25, 0.3) is 0 Å². The van der Waals surface area contributed by atoms with Crippen molar-refractivity contribution in [1.82, 2.24) is 0 Å². The predicted molar refractivity (Wildman–Crippen MR) is 76.5 cm³/mol. The molecule has 2 aromatic rings. The minimum Gasteiger partial charge on any atom is -0.506 e. The normalized spacial score (nSPS) is 9.85. The zero-order valence-electron chi connectivity index (χ0n) is 10.9. The van der Waals surface area contributed by atoms with Crippen LogP contribution in [0.15, 0.2) is 48.5 Å². The SMILES string of the molecule is Cc1ccc(O)c(NC(=O)C(=O)Nc2ccccc2)c1. The molecule has 2 amide bonds. The summed E-state index contributed by atoms with van der Waals surface area (Å²) in [6.45, 7) is 1.82. The molecule has 0 aromatic heterocycles. The first-order valence-electron chi connectivity index (χ1n) is 6.03. The van der Waals surface area contributed by atoms with E-state index < -0.39 is 11.8 Å². The van der Waals surface area contributed by atoms with Gasteiger partial charge in [-0.3, -0.25) is 9.59 Å². The van der Waals surface area contributed by atoms with Gasteiger partial charge in [0.05, 0.1) is 5.69 Å². The Labute approximate surface area is 116 Å². The lowest BCUT2D eigenvalue weighted by Crippen LogP contribution is -2.29. The lowest BCUT2D eigenvalue weighted by atomic mass is 10.2. The van der Waals surface area contributed by atoms with Crippen LogP contribution in [0.3, 0.4) is 0 Å². The monoisotopic (exact) mass is 270 g/mol. The number of para-hydroxylation sites is 1. The molecule has 5 nitrogen and oxygen atoms in total. The summed E-state index contributed by atoms with van der Waals surface area (Å²) in [4.78, 5) is 23.5. The first-order chi connectivity index (χ1) is 9.56. The number of phenolic OH excluding ortho intramolecular Hbond substituents is 1. The molecule has 0 heterocycles. The molecule has 0 saturated heterocycles. The highest BCUT2D eigenvalue weighted by Gasteiger charge is 2.15. The summed E-state index contributed by atoms with van der Waals surface area (Å²) in [5.74, 6) is -1.72. The summed E-state index contributed by atoms with van der Waals surface area (Å²) in [7, 11) is 0. The van der Waals surface area contributed by atoms with Gasteiger partial charge in [-0.05, 0) is 36.8 Å². The van der Waals surface area contributed by atoms with E-state index in [1.54, 1.807) is 42.5 Å². The maximum absolute atomic E-state index is 11.7. The predicted octanol–water partition coefficient (Wildman–Crippen LogP) is 2.28. The molecule has 0 aliphatic carbocycles. The third-order valence-corrected chi connectivity index (χ3v) is 2.64. The minimum atomic E-state index is -0.838. The summed E-state index contributed by atoms with van der Waals surface area (Å²) in [6.07, 6.45) is 0. The van der Waals surface area contributed by atoms with E-state index in [1.165, 1.54) is 6.07 Å². The highest BCUT2D eigenvalue weighted by atomic mass is 16.3. The third kappa shape index (κ3) is 3.35. The van der Waals surface area contributed by atoms with Crippen molar-refractivity contribution in [3.63, 3.8) is 0 Å². The maximum atomic E-state index is 11.7. The summed E-state index contributed by atoms with van der Waals surface area (Å²) in [6, 6.07) is 13.4. The van der Waals surface area contributed by atoms with Crippen LogP contribution in [0.4, 0.5) is 11.4 Å². The van der Waals surface area contributed by atoms with Gasteiger partial charge in [0.1, 0.15) is 5.75 Å². The Balaban J connectivity index is 2.04. The molecule has 20 heavy (non-hydrogen) atoms. The molecule has 2 aromatic carbocycles. The highest BCUT2D eigenvalue weighted by molar-refractivity contribution is 6.43. The van der Waals surface area contributed by atoms with E-state index in [0.29, 0.717) is 5.69 Å². The second-order valence-corrected chi connectivity index (χ2v) is 4.29. The van der Waals surface area contributed by atoms with Crippen molar-refractivity contribution >= 4 is 23.2 Å². The smallest absolute Gasteiger partial charge is 0.314 e. The first kappa shape index (κ1) is 13.6. The van der Waals surface area contributed by atoms with Gasteiger partial charge >= 0.3 is 11.8 Å². The fourth-order valence-corrected chi connectivity index (χ4v) is 1.64. The van der Waals surface area contributed by atoms with E-state index in [4.69, 9.17) is 0 Å². The fourth-order valence-electron chi connectivity index (χ4n) is 1.64. The molecule has 0 unspecified atom stereocenters. The summed E-state index contributed by atoms with van der Waals surface area (Å²) in [5.41, 5.74) is 1.60. The van der Waals surface area contributed by atoms with Crippen molar-refractivity contribution in [2.75, 3.05) is 10.6 Å². The number of carbonyl (C=O) groups excluding carboxylic acids is 2. The number of aryl methyl sites for hydroxylation is 1. The maximum Gasteiger partial charge on any atom is 0.314 e. The van der Waals surface area contributed by atoms with Gasteiger partial charge in [0, 0.05) is 5.69 Å². The Kier molecular flexibility index (Phi) is 4.00. The molecule has 3 N–H and O–H groups in total. The van der Waals surface area contributed by atoms with Crippen LogP contribution in [-0.2, 0) is 9.59 Å². The van der Waals surface area contributed by atoms with Gasteiger partial charge in [-0.15, -0.1) is 0 Å². The van der Waals surface area contributed by atoms with Crippen LogP contribution in [0.1, 0.15) is 5.56 Å². The second-order valence-electron chi connectivity index (χ2n) is 4.29. The molecule has 0 atom stereocenters. The van der Waals surface area contributed by atoms with Gasteiger partial charge in [0.25, 0.3) is 0 Å². The Bertz CT molecular complexity index is 639. The Hall–Kier alpha value is -2.82. The van der Waals surface area contributed by atoms with Crippen molar-refractivity contribution in [3.8, 4) is 5.75 Å². The number of nitrogens with one attached hydrogen (secondary N) is 2. The zero-order chi connectivity index (χ0) is 14.5. The molecular weight excluding hydrogens is 256 g/mol. The van der Waals surface area contributed by atoms with E-state index in [-0.39, 0.29) is 11.4 Å². The molecule has 0 bridgehead atoms. The summed E-state index contributed by atoms with van der Waals surface area (Å²) < 4.78 is 0. The number of carbonyl (C=O) groups is 2. The van der Waals surface area contributed by atoms with Crippen LogP contribution >= 0.6 is 0 Å². The van der Waals surface area contributed by atoms with Crippen molar-refractivity contribution in [2.24, 2.45) is 0 Å². The number of anilines is 2. The first-order valence-corrected chi connectivity index (χ1v) is 6.03. The molecule has 0 radical (unpaired) electrons. The van der Waals surface area contributed by atoms with E-state index in [9.17, 15) is 14.7 Å². The molecule has 0 aliphatic rings. The third-order valence-electron chi connectivity index (χ3n) is 2.64. The Morgan fingerprint density at radius 2 is 1.60 bits per heavy atom. The van der Waals surface area contributed by atoms with Crippen molar-refractivity contribution in [3.05, 3.63) is 54.1 Å². The minimum absolute atomic E-state index is 0.0866. The molecular formula is C15H14N2O3. The number of aromatic hydroxyl groups is 1. The zero-order valence-corrected chi connectivity index (χ0v) is 10.9. The standard InChI is InChI=1S/C15H14N2O3/c1-10-7-8-13(18)12(9-10)17-15(20)14(19)16-11-5-3-2-4-6-11/h2-9,18H,1H3,(H,16,19)(H,17,20). The number of rotatable bonds is 2. The Morgan fingerprint density at radius 1 is 0.950 bits per heavy atom. The van der Waals surface area contributed by atoms with Crippen LogP contribution in [-0.4, -0.2) is 16.9 Å². The molecule has 0 saturated carbocycles. The van der Waals surface area contributed by atoms with Crippen LogP contribution in [0.5, 0.6) is 5.75 Å². The topological polar surface area (TPSA) is 78.4 Å². The van der Waals surface area contributed by atoms with E-state index in [0.717, 1.165) is 5.56 Å².